The first-order chi connectivity index (χ1) is 8.00. The molecule has 1 aromatic carbocycles. The van der Waals surface area contributed by atoms with Gasteiger partial charge in [-0.1, -0.05) is 12.1 Å². The molecule has 17 heavy (non-hydrogen) atoms. The van der Waals surface area contributed by atoms with Crippen LogP contribution >= 0.6 is 0 Å². The Morgan fingerprint density at radius 3 is 2.65 bits per heavy atom. The molecule has 2 rings (SSSR count). The molecule has 2 N–H and O–H groups in total. The standard InChI is InChI=1S/C12H12FNO3/c1-6-3-2-4-9(13)10(6)14-11(15)7-5-8(7)12(16)17/h2-4,7-8H,5H2,1H3,(H,14,15)(H,16,17). The number of rotatable bonds is 3. The molecule has 1 amide bonds. The predicted molar refractivity (Wildman–Crippen MR) is 59.0 cm³/mol. The second-order valence-corrected chi connectivity index (χ2v) is 4.21. The monoisotopic (exact) mass is 237 g/mol. The molecule has 5 heteroatoms. The molecule has 0 heterocycles. The number of para-hydroxylation sites is 1. The molecule has 0 saturated heterocycles. The molecule has 0 aliphatic heterocycles. The number of aryl methyl sites for hydroxylation is 1. The van der Waals surface area contributed by atoms with Gasteiger partial charge in [-0.25, -0.2) is 4.39 Å². The highest BCUT2D eigenvalue weighted by Crippen LogP contribution is 2.39. The lowest BCUT2D eigenvalue weighted by molar-refractivity contribution is -0.139. The molecule has 0 radical (unpaired) electrons. The van der Waals surface area contributed by atoms with Crippen LogP contribution in [-0.2, 0) is 9.59 Å². The molecule has 1 aliphatic rings. The van der Waals surface area contributed by atoms with Crippen LogP contribution in [0.15, 0.2) is 18.2 Å². The fourth-order valence-corrected chi connectivity index (χ4v) is 1.76. The van der Waals surface area contributed by atoms with E-state index in [0.29, 0.717) is 12.0 Å². The Morgan fingerprint density at radius 1 is 1.41 bits per heavy atom. The highest BCUT2D eigenvalue weighted by Gasteiger charge is 2.48. The zero-order valence-corrected chi connectivity index (χ0v) is 9.24. The van der Waals surface area contributed by atoms with Gasteiger partial charge in [0.2, 0.25) is 5.91 Å². The number of carbonyl (C=O) groups excluding carboxylic acids is 1. The van der Waals surface area contributed by atoms with Crippen LogP contribution in [0.25, 0.3) is 0 Å². The fraction of sp³-hybridized carbons (Fsp3) is 0.333. The average molecular weight is 237 g/mol. The van der Waals surface area contributed by atoms with Crippen LogP contribution in [0, 0.1) is 24.6 Å². The number of hydrogen-bond donors (Lipinski definition) is 2. The van der Waals surface area contributed by atoms with Crippen LogP contribution in [-0.4, -0.2) is 17.0 Å². The van der Waals surface area contributed by atoms with E-state index >= 15 is 0 Å². The Kier molecular flexibility index (Phi) is 2.83. The maximum absolute atomic E-state index is 13.4. The molecule has 0 aromatic heterocycles. The summed E-state index contributed by atoms with van der Waals surface area (Å²) in [5.74, 6) is -3.07. The molecule has 1 aromatic rings. The third kappa shape index (κ3) is 2.27. The number of aliphatic carboxylic acids is 1. The summed E-state index contributed by atoms with van der Waals surface area (Å²) in [6, 6.07) is 4.49. The minimum absolute atomic E-state index is 0.133. The second kappa shape index (κ2) is 4.16. The van der Waals surface area contributed by atoms with Gasteiger partial charge in [-0.05, 0) is 25.0 Å². The highest BCUT2D eigenvalue weighted by atomic mass is 19.1. The lowest BCUT2D eigenvalue weighted by atomic mass is 10.2. The number of nitrogens with one attached hydrogen (secondary N) is 1. The fourth-order valence-electron chi connectivity index (χ4n) is 1.76. The summed E-state index contributed by atoms with van der Waals surface area (Å²) < 4.78 is 13.4. The van der Waals surface area contributed by atoms with Gasteiger partial charge in [0.05, 0.1) is 17.5 Å². The quantitative estimate of drug-likeness (QED) is 0.842. The number of halogens is 1. The van der Waals surface area contributed by atoms with Crippen LogP contribution in [0.2, 0.25) is 0 Å². The third-order valence-corrected chi connectivity index (χ3v) is 2.91. The van der Waals surface area contributed by atoms with Crippen LogP contribution < -0.4 is 5.32 Å². The van der Waals surface area contributed by atoms with Gasteiger partial charge < -0.3 is 10.4 Å². The Hall–Kier alpha value is -1.91. The largest absolute Gasteiger partial charge is 0.481 e. The lowest BCUT2D eigenvalue weighted by Crippen LogP contribution is -2.18. The summed E-state index contributed by atoms with van der Waals surface area (Å²) in [4.78, 5) is 22.3. The Morgan fingerprint density at radius 2 is 2.12 bits per heavy atom. The van der Waals surface area contributed by atoms with Gasteiger partial charge in [0, 0.05) is 0 Å². The first-order valence-electron chi connectivity index (χ1n) is 5.29. The first kappa shape index (κ1) is 11.6. The van der Waals surface area contributed by atoms with E-state index in [0.717, 1.165) is 0 Å². The van der Waals surface area contributed by atoms with E-state index in [1.807, 2.05) is 0 Å². The van der Waals surface area contributed by atoms with Crippen LogP contribution in [0.1, 0.15) is 12.0 Å². The number of carbonyl (C=O) groups is 2. The smallest absolute Gasteiger partial charge is 0.307 e. The molecule has 0 spiro atoms. The molecule has 2 unspecified atom stereocenters. The van der Waals surface area contributed by atoms with Crippen LogP contribution in [0.4, 0.5) is 10.1 Å². The van der Waals surface area contributed by atoms with Crippen molar-refractivity contribution in [3.8, 4) is 0 Å². The van der Waals surface area contributed by atoms with Crippen molar-refractivity contribution in [2.24, 2.45) is 11.8 Å². The van der Waals surface area contributed by atoms with Gasteiger partial charge in [-0.15, -0.1) is 0 Å². The summed E-state index contributed by atoms with van der Waals surface area (Å²) in [7, 11) is 0. The van der Waals surface area contributed by atoms with Crippen molar-refractivity contribution in [1.82, 2.24) is 0 Å². The van der Waals surface area contributed by atoms with E-state index in [4.69, 9.17) is 5.11 Å². The van der Waals surface area contributed by atoms with Gasteiger partial charge in [0.15, 0.2) is 0 Å². The third-order valence-electron chi connectivity index (χ3n) is 2.91. The van der Waals surface area contributed by atoms with E-state index in [9.17, 15) is 14.0 Å². The molecule has 1 saturated carbocycles. The minimum Gasteiger partial charge on any atom is -0.481 e. The van der Waals surface area contributed by atoms with Crippen molar-refractivity contribution >= 4 is 17.6 Å². The van der Waals surface area contributed by atoms with E-state index < -0.39 is 29.5 Å². The molecular weight excluding hydrogens is 225 g/mol. The number of amides is 1. The number of hydrogen-bond acceptors (Lipinski definition) is 2. The minimum atomic E-state index is -0.976. The van der Waals surface area contributed by atoms with Crippen molar-refractivity contribution < 1.29 is 19.1 Å². The van der Waals surface area contributed by atoms with Gasteiger partial charge in [0.25, 0.3) is 0 Å². The van der Waals surface area contributed by atoms with Crippen molar-refractivity contribution in [3.63, 3.8) is 0 Å². The molecule has 1 aliphatic carbocycles. The normalized spacial score (nSPS) is 22.0. The Bertz CT molecular complexity index is 466. The summed E-state index contributed by atoms with van der Waals surface area (Å²) in [5.41, 5.74) is 0.749. The van der Waals surface area contributed by atoms with Crippen LogP contribution in [0.3, 0.4) is 0 Å². The predicted octanol–water partition coefficient (Wildman–Crippen LogP) is 1.79. The SMILES string of the molecule is Cc1cccc(F)c1NC(=O)C1CC1C(=O)O. The Labute approximate surface area is 97.4 Å². The average Bonchev–Trinajstić information content (AvgIpc) is 3.03. The van der Waals surface area contributed by atoms with Gasteiger partial charge >= 0.3 is 5.97 Å². The highest BCUT2D eigenvalue weighted by molar-refractivity contribution is 5.98. The molecular formula is C12H12FNO3. The lowest BCUT2D eigenvalue weighted by Gasteiger charge is -2.08. The Balaban J connectivity index is 2.07. The number of benzene rings is 1. The maximum atomic E-state index is 13.4. The molecule has 0 bridgehead atoms. The van der Waals surface area contributed by atoms with Gasteiger partial charge in [-0.3, -0.25) is 9.59 Å². The molecule has 90 valence electrons. The van der Waals surface area contributed by atoms with E-state index in [-0.39, 0.29) is 5.69 Å². The maximum Gasteiger partial charge on any atom is 0.307 e. The van der Waals surface area contributed by atoms with Crippen molar-refractivity contribution in [2.75, 3.05) is 5.32 Å². The summed E-state index contributed by atoms with van der Waals surface area (Å²) >= 11 is 0. The topological polar surface area (TPSA) is 66.4 Å². The molecule has 4 nitrogen and oxygen atoms in total. The van der Waals surface area contributed by atoms with Crippen molar-refractivity contribution in [2.45, 2.75) is 13.3 Å². The summed E-state index contributed by atoms with van der Waals surface area (Å²) in [6.45, 7) is 1.68. The number of carboxylic acids is 1. The van der Waals surface area contributed by atoms with Crippen molar-refractivity contribution in [3.05, 3.63) is 29.6 Å². The second-order valence-electron chi connectivity index (χ2n) is 4.21. The van der Waals surface area contributed by atoms with Gasteiger partial charge in [-0.2, -0.15) is 0 Å². The van der Waals surface area contributed by atoms with Gasteiger partial charge in [0.1, 0.15) is 5.82 Å². The van der Waals surface area contributed by atoms with E-state index in [1.54, 1.807) is 19.1 Å². The summed E-state index contributed by atoms with van der Waals surface area (Å²) in [5, 5.41) is 11.1. The van der Waals surface area contributed by atoms with Crippen molar-refractivity contribution in [1.29, 1.82) is 0 Å². The van der Waals surface area contributed by atoms with E-state index in [1.165, 1.54) is 6.07 Å². The summed E-state index contributed by atoms with van der Waals surface area (Å²) in [6.07, 6.45) is 0.328. The zero-order chi connectivity index (χ0) is 12.6. The molecule has 2 atom stereocenters. The number of carboxylic acid groups (broad SMARTS) is 1. The van der Waals surface area contributed by atoms with Crippen LogP contribution in [0.5, 0.6) is 0 Å². The number of anilines is 1. The van der Waals surface area contributed by atoms with E-state index in [2.05, 4.69) is 5.32 Å². The first-order valence-corrected chi connectivity index (χ1v) is 5.29. The zero-order valence-electron chi connectivity index (χ0n) is 9.24. The molecule has 1 fully saturated rings.